The first-order chi connectivity index (χ1) is 8.08. The molecule has 18 heavy (non-hydrogen) atoms. The largest absolute Gasteiger partial charge is 0.407 e. The van der Waals surface area contributed by atoms with E-state index in [-0.39, 0.29) is 11.6 Å². The first-order valence-corrected chi connectivity index (χ1v) is 8.97. The van der Waals surface area contributed by atoms with Crippen molar-refractivity contribution in [3.05, 3.63) is 6.61 Å². The van der Waals surface area contributed by atoms with Crippen molar-refractivity contribution in [1.29, 1.82) is 0 Å². The highest BCUT2D eigenvalue weighted by Gasteiger charge is 2.53. The van der Waals surface area contributed by atoms with Crippen LogP contribution in [0.15, 0.2) is 0 Å². The second kappa shape index (κ2) is 4.95. The maximum atomic E-state index is 10.4. The third-order valence-electron chi connectivity index (χ3n) is 3.92. The van der Waals surface area contributed by atoms with Gasteiger partial charge in [-0.3, -0.25) is 0 Å². The van der Waals surface area contributed by atoms with E-state index in [1.807, 2.05) is 0 Å². The van der Waals surface area contributed by atoms with Crippen LogP contribution in [0.2, 0.25) is 18.1 Å². The topological polar surface area (TPSA) is 58.9 Å². The molecular weight excluding hydrogens is 248 g/mol. The Labute approximate surface area is 110 Å². The molecule has 2 N–H and O–H groups in total. The molecule has 0 aliphatic carbocycles. The van der Waals surface area contributed by atoms with Crippen LogP contribution in [0.25, 0.3) is 0 Å². The highest BCUT2D eigenvalue weighted by molar-refractivity contribution is 6.74. The maximum Gasteiger partial charge on any atom is 0.192 e. The average molecular weight is 271 g/mol. The zero-order valence-corrected chi connectivity index (χ0v) is 12.7. The molecule has 0 amide bonds. The Morgan fingerprint density at radius 1 is 1.50 bits per heavy atom. The lowest BCUT2D eigenvalue weighted by Crippen LogP contribution is -2.53. The van der Waals surface area contributed by atoms with Gasteiger partial charge >= 0.3 is 0 Å². The summed E-state index contributed by atoms with van der Waals surface area (Å²) in [6, 6.07) is 0. The van der Waals surface area contributed by atoms with Crippen LogP contribution in [0.5, 0.6) is 0 Å². The summed E-state index contributed by atoms with van der Waals surface area (Å²) in [4.78, 5) is 0. The van der Waals surface area contributed by atoms with Gasteiger partial charge in [0, 0.05) is 0 Å². The summed E-state index contributed by atoms with van der Waals surface area (Å²) in [5.74, 6) is 2.30. The van der Waals surface area contributed by atoms with Crippen molar-refractivity contribution >= 4 is 8.32 Å². The van der Waals surface area contributed by atoms with Gasteiger partial charge in [0.15, 0.2) is 13.9 Å². The van der Waals surface area contributed by atoms with Gasteiger partial charge in [-0.15, -0.1) is 6.42 Å². The number of aliphatic hydroxyl groups is 2. The van der Waals surface area contributed by atoms with Crippen molar-refractivity contribution in [3.63, 3.8) is 0 Å². The summed E-state index contributed by atoms with van der Waals surface area (Å²) in [5.41, 5.74) is -1.59. The predicted octanol–water partition coefficient (Wildman–Crippen LogP) is 1.29. The minimum atomic E-state index is -2.07. The zero-order chi connectivity index (χ0) is 14.2. The van der Waals surface area contributed by atoms with E-state index < -0.39 is 26.1 Å². The van der Waals surface area contributed by atoms with Crippen molar-refractivity contribution in [2.45, 2.75) is 56.7 Å². The van der Waals surface area contributed by atoms with Crippen molar-refractivity contribution in [2.75, 3.05) is 6.61 Å². The summed E-state index contributed by atoms with van der Waals surface area (Å²) in [6.07, 6.45) is 3.86. The van der Waals surface area contributed by atoms with E-state index in [9.17, 15) is 5.11 Å². The normalized spacial score (nSPS) is 33.4. The van der Waals surface area contributed by atoms with Gasteiger partial charge in [0.25, 0.3) is 0 Å². The summed E-state index contributed by atoms with van der Waals surface area (Å²) in [7, 11) is -2.07. The smallest absolute Gasteiger partial charge is 0.192 e. The number of ether oxygens (including phenoxy) is 1. The van der Waals surface area contributed by atoms with Crippen LogP contribution in [-0.2, 0) is 9.16 Å². The van der Waals surface area contributed by atoms with Crippen molar-refractivity contribution in [3.8, 4) is 12.3 Å². The Hall–Kier alpha value is -0.383. The van der Waals surface area contributed by atoms with Gasteiger partial charge in [0.1, 0.15) is 18.8 Å². The molecule has 3 atom stereocenters. The Kier molecular flexibility index (Phi) is 4.31. The molecular formula is C13H23O4Si. The Morgan fingerprint density at radius 3 is 2.44 bits per heavy atom. The van der Waals surface area contributed by atoms with Gasteiger partial charge in [-0.1, -0.05) is 26.7 Å². The van der Waals surface area contributed by atoms with Gasteiger partial charge in [-0.25, -0.2) is 0 Å². The van der Waals surface area contributed by atoms with Crippen molar-refractivity contribution < 1.29 is 19.4 Å². The van der Waals surface area contributed by atoms with Gasteiger partial charge in [0.2, 0.25) is 0 Å². The molecule has 103 valence electrons. The minimum absolute atomic E-state index is 0.00759. The van der Waals surface area contributed by atoms with Crippen LogP contribution in [0.3, 0.4) is 0 Å². The van der Waals surface area contributed by atoms with E-state index in [4.69, 9.17) is 20.7 Å². The van der Waals surface area contributed by atoms with Crippen molar-refractivity contribution in [1.82, 2.24) is 0 Å². The van der Waals surface area contributed by atoms with Gasteiger partial charge in [-0.05, 0) is 18.1 Å². The highest BCUT2D eigenvalue weighted by Crippen LogP contribution is 2.41. The van der Waals surface area contributed by atoms with E-state index in [0.29, 0.717) is 0 Å². The quantitative estimate of drug-likeness (QED) is 0.600. The molecule has 0 unspecified atom stereocenters. The second-order valence-electron chi connectivity index (χ2n) is 6.21. The van der Waals surface area contributed by atoms with Crippen LogP contribution in [0, 0.1) is 19.0 Å². The predicted molar refractivity (Wildman–Crippen MR) is 72.1 cm³/mol. The van der Waals surface area contributed by atoms with Gasteiger partial charge in [0.05, 0.1) is 6.61 Å². The number of hydrogen-bond donors (Lipinski definition) is 2. The van der Waals surface area contributed by atoms with Gasteiger partial charge < -0.3 is 19.4 Å². The van der Waals surface area contributed by atoms with E-state index >= 15 is 0 Å². The van der Waals surface area contributed by atoms with Crippen LogP contribution >= 0.6 is 0 Å². The maximum absolute atomic E-state index is 10.4. The Bertz CT molecular complexity index is 342. The SMILES string of the molecule is C#C[C@]1(O)[C@@H](O[Si](C)(C)C(C)(C)C)[CH]O[C@@H]1CO. The molecule has 4 nitrogen and oxygen atoms in total. The number of terminal acetylenes is 1. The molecule has 1 heterocycles. The molecule has 1 radical (unpaired) electrons. The lowest BCUT2D eigenvalue weighted by atomic mass is 9.95. The van der Waals surface area contributed by atoms with Crippen LogP contribution in [0.4, 0.5) is 0 Å². The van der Waals surface area contributed by atoms with E-state index in [1.54, 1.807) is 0 Å². The first kappa shape index (κ1) is 15.7. The standard InChI is InChI=1S/C13H23O4Si/c1-7-13(15)10(8-14)16-9-11(13)17-18(5,6)12(2,3)4/h1,9-11,14-15H,8H2,2-6H3/t10-,11+,13-/m1/s1. The summed E-state index contributed by atoms with van der Waals surface area (Å²) in [6.45, 7) is 11.5. The molecule has 1 fully saturated rings. The molecule has 0 bridgehead atoms. The van der Waals surface area contributed by atoms with E-state index in [0.717, 1.165) is 0 Å². The third-order valence-corrected chi connectivity index (χ3v) is 8.37. The molecule has 0 aromatic heterocycles. The lowest BCUT2D eigenvalue weighted by Gasteiger charge is -2.40. The minimum Gasteiger partial charge on any atom is -0.407 e. The van der Waals surface area contributed by atoms with E-state index in [1.165, 1.54) is 6.61 Å². The molecule has 0 aromatic rings. The van der Waals surface area contributed by atoms with Gasteiger partial charge in [-0.2, -0.15) is 0 Å². The Balaban J connectivity index is 2.90. The third kappa shape index (κ3) is 2.63. The highest BCUT2D eigenvalue weighted by atomic mass is 28.4. The Morgan fingerprint density at radius 2 is 2.06 bits per heavy atom. The molecule has 0 saturated carbocycles. The summed E-state index contributed by atoms with van der Waals surface area (Å²) < 4.78 is 11.3. The molecule has 0 spiro atoms. The zero-order valence-electron chi connectivity index (χ0n) is 11.7. The fourth-order valence-electron chi connectivity index (χ4n) is 1.53. The number of rotatable bonds is 3. The lowest BCUT2D eigenvalue weighted by molar-refractivity contribution is -0.0480. The van der Waals surface area contributed by atoms with Crippen LogP contribution in [0.1, 0.15) is 20.8 Å². The second-order valence-corrected chi connectivity index (χ2v) is 11.0. The fraction of sp³-hybridized carbons (Fsp3) is 0.769. The average Bonchev–Trinajstić information content (AvgIpc) is 2.54. The van der Waals surface area contributed by atoms with Crippen LogP contribution in [-0.4, -0.2) is 42.9 Å². The molecule has 1 aliphatic heterocycles. The number of aliphatic hydroxyl groups excluding tert-OH is 1. The summed E-state index contributed by atoms with van der Waals surface area (Å²) in [5, 5.41) is 19.6. The number of hydrogen-bond acceptors (Lipinski definition) is 4. The fourth-order valence-corrected chi connectivity index (χ4v) is 2.75. The summed E-state index contributed by atoms with van der Waals surface area (Å²) >= 11 is 0. The molecule has 5 heteroatoms. The first-order valence-electron chi connectivity index (χ1n) is 6.06. The molecule has 1 aliphatic rings. The molecule has 0 aromatic carbocycles. The van der Waals surface area contributed by atoms with Crippen LogP contribution < -0.4 is 0 Å². The van der Waals surface area contributed by atoms with Crippen molar-refractivity contribution in [2.24, 2.45) is 0 Å². The molecule has 1 saturated heterocycles. The molecule has 1 rings (SSSR count). The monoisotopic (exact) mass is 271 g/mol. The van der Waals surface area contributed by atoms with E-state index in [2.05, 4.69) is 39.8 Å².